The summed E-state index contributed by atoms with van der Waals surface area (Å²) >= 11 is 25.1. The van der Waals surface area contributed by atoms with Crippen molar-refractivity contribution >= 4 is 70.1 Å². The van der Waals surface area contributed by atoms with E-state index in [-0.39, 0.29) is 21.3 Å². The van der Waals surface area contributed by atoms with E-state index in [1.807, 2.05) is 60.7 Å². The molecule has 6 aromatic rings. The molecule has 52 heavy (non-hydrogen) atoms. The van der Waals surface area contributed by atoms with Crippen molar-refractivity contribution in [3.63, 3.8) is 0 Å². The summed E-state index contributed by atoms with van der Waals surface area (Å²) in [5.41, 5.74) is 2.50. The summed E-state index contributed by atoms with van der Waals surface area (Å²) in [4.78, 5) is 27.3. The predicted octanol–water partition coefficient (Wildman–Crippen LogP) is 9.46. The summed E-state index contributed by atoms with van der Waals surface area (Å²) < 4.78 is 23.8. The highest BCUT2D eigenvalue weighted by molar-refractivity contribution is 6.42. The predicted molar refractivity (Wildman–Crippen MR) is 209 cm³/mol. The van der Waals surface area contributed by atoms with Crippen molar-refractivity contribution in [3.8, 4) is 34.1 Å². The van der Waals surface area contributed by atoms with E-state index in [4.69, 9.17) is 65.0 Å². The molecule has 0 bridgehead atoms. The third kappa shape index (κ3) is 7.03. The molecule has 2 heterocycles. The van der Waals surface area contributed by atoms with Crippen LogP contribution in [-0.2, 0) is 4.74 Å². The van der Waals surface area contributed by atoms with E-state index in [2.05, 4.69) is 0 Å². The summed E-state index contributed by atoms with van der Waals surface area (Å²) in [7, 11) is 3.14. The zero-order valence-electron chi connectivity index (χ0n) is 27.6. The van der Waals surface area contributed by atoms with Gasteiger partial charge in [0.1, 0.15) is 28.6 Å². The van der Waals surface area contributed by atoms with Crippen LogP contribution in [0.25, 0.3) is 46.3 Å². The molecule has 0 saturated carbocycles. The fraction of sp³-hybridized carbons (Fsp3) is 0.0714. The van der Waals surface area contributed by atoms with E-state index < -0.39 is 5.92 Å². The van der Waals surface area contributed by atoms with Gasteiger partial charge in [-0.2, -0.15) is 0 Å². The van der Waals surface area contributed by atoms with E-state index in [0.717, 1.165) is 0 Å². The van der Waals surface area contributed by atoms with E-state index >= 15 is 0 Å². The van der Waals surface area contributed by atoms with Crippen LogP contribution in [0.2, 0.25) is 20.1 Å². The summed E-state index contributed by atoms with van der Waals surface area (Å²) in [6, 6.07) is 28.6. The molecule has 1 aromatic heterocycles. The Morgan fingerprint density at radius 3 is 1.83 bits per heavy atom. The Morgan fingerprint density at radius 2 is 1.17 bits per heavy atom. The summed E-state index contributed by atoms with van der Waals surface area (Å²) in [6.07, 6.45) is 6.85. The monoisotopic (exact) mass is 767 g/mol. The lowest BCUT2D eigenvalue weighted by Crippen LogP contribution is -2.64. The quantitative estimate of drug-likeness (QED) is 0.144. The molecule has 0 aliphatic carbocycles. The largest absolute Gasteiger partial charge is 0.496 e. The van der Waals surface area contributed by atoms with Crippen LogP contribution in [0.5, 0.6) is 11.5 Å². The van der Waals surface area contributed by atoms with E-state index in [1.54, 1.807) is 74.9 Å². The number of para-hydroxylation sites is 2. The van der Waals surface area contributed by atoms with E-state index in [1.165, 1.54) is 0 Å². The van der Waals surface area contributed by atoms with Gasteiger partial charge in [0.2, 0.25) is 10.9 Å². The number of hydrogen-bond donors (Lipinski definition) is 0. The number of ether oxygens (including phenoxy) is 3. The van der Waals surface area contributed by atoms with Gasteiger partial charge in [0.15, 0.2) is 0 Å². The first-order valence-corrected chi connectivity index (χ1v) is 17.4. The Kier molecular flexibility index (Phi) is 10.1. The van der Waals surface area contributed by atoms with Crippen molar-refractivity contribution in [1.82, 2.24) is 0 Å². The zero-order chi connectivity index (χ0) is 36.5. The van der Waals surface area contributed by atoms with Crippen LogP contribution in [0.4, 0.5) is 0 Å². The van der Waals surface area contributed by atoms with Gasteiger partial charge in [-0.1, -0.05) is 76.7 Å². The standard InChI is InChI=1S/C42H27Cl4O6/c1-49-35-9-5-3-7-27(35)39-19-23(17-37(51-39)25-11-13-31(43)33(45)21-25)15-29-41(47)30(42(29)48)16-24-18-38(26-12-14-32(44)34(46)22-26)52-40(20-24)28-8-4-6-10-36(28)50-2/h3-23H,1-2H3/q+1. The SMILES string of the molecule is COc1ccccc1C1=CC(C=c2c(=O)c(=Cc3cc(-c4ccc(Cl)c(Cl)c4)[o+]c(-c4ccccc4OC)c3)c2=O)C=C(c2ccc(Cl)c(Cl)c2)O1. The highest BCUT2D eigenvalue weighted by Crippen LogP contribution is 2.38. The van der Waals surface area contributed by atoms with Crippen molar-refractivity contribution in [3.05, 3.63) is 177 Å². The van der Waals surface area contributed by atoms with Gasteiger partial charge in [-0.15, -0.1) is 0 Å². The first-order valence-electron chi connectivity index (χ1n) is 15.9. The molecule has 1 aliphatic heterocycles. The van der Waals surface area contributed by atoms with Crippen molar-refractivity contribution in [2.24, 2.45) is 5.92 Å². The highest BCUT2D eigenvalue weighted by Gasteiger charge is 2.24. The first-order chi connectivity index (χ1) is 25.1. The molecule has 0 amide bonds. The normalized spacial score (nSPS) is 13.9. The van der Waals surface area contributed by atoms with E-state index in [0.29, 0.717) is 82.4 Å². The minimum atomic E-state index is -0.489. The molecule has 1 aliphatic rings. The fourth-order valence-corrected chi connectivity index (χ4v) is 6.53. The van der Waals surface area contributed by atoms with Crippen LogP contribution in [-0.4, -0.2) is 14.2 Å². The third-order valence-corrected chi connectivity index (χ3v) is 10.0. The molecule has 5 aromatic carbocycles. The van der Waals surface area contributed by atoms with Gasteiger partial charge in [0, 0.05) is 11.5 Å². The lowest BCUT2D eigenvalue weighted by Gasteiger charge is -2.22. The Labute approximate surface area is 318 Å². The van der Waals surface area contributed by atoms with Gasteiger partial charge in [-0.3, -0.25) is 9.59 Å². The third-order valence-electron chi connectivity index (χ3n) is 8.52. The molecule has 10 heteroatoms. The summed E-state index contributed by atoms with van der Waals surface area (Å²) in [6.45, 7) is 0. The lowest BCUT2D eigenvalue weighted by atomic mass is 9.97. The highest BCUT2D eigenvalue weighted by atomic mass is 35.5. The molecule has 1 atom stereocenters. The first kappa shape index (κ1) is 35.3. The lowest BCUT2D eigenvalue weighted by molar-refractivity contribution is 0.404. The molecule has 0 spiro atoms. The Morgan fingerprint density at radius 1 is 0.615 bits per heavy atom. The van der Waals surface area contributed by atoms with Gasteiger partial charge in [0.25, 0.3) is 0 Å². The number of benzene rings is 4. The van der Waals surface area contributed by atoms with Gasteiger partial charge in [-0.25, -0.2) is 4.42 Å². The average molecular weight is 769 g/mol. The maximum Gasteiger partial charge on any atom is 0.365 e. The molecular weight excluding hydrogens is 742 g/mol. The van der Waals surface area contributed by atoms with Crippen LogP contribution in [0, 0.1) is 5.92 Å². The number of hydrogen-bond acceptors (Lipinski definition) is 5. The summed E-state index contributed by atoms with van der Waals surface area (Å²) in [5, 5.41) is 1.61. The van der Waals surface area contributed by atoms with Gasteiger partial charge in [-0.05, 0) is 84.5 Å². The average Bonchev–Trinajstić information content (AvgIpc) is 3.17. The molecule has 258 valence electrons. The minimum absolute atomic E-state index is 0.0400. The number of halogens is 4. The molecule has 0 N–H and O–H groups in total. The van der Waals surface area contributed by atoms with Crippen LogP contribution in [0.15, 0.2) is 123 Å². The molecule has 0 saturated heterocycles. The Balaban J connectivity index is 1.34. The number of allylic oxidation sites excluding steroid dienone is 2. The van der Waals surface area contributed by atoms with E-state index in [9.17, 15) is 9.59 Å². The second-order valence-electron chi connectivity index (χ2n) is 11.8. The minimum Gasteiger partial charge on any atom is -0.496 e. The molecule has 0 fully saturated rings. The molecule has 0 radical (unpaired) electrons. The van der Waals surface area contributed by atoms with Gasteiger partial charge >= 0.3 is 11.5 Å². The molecule has 6 nitrogen and oxygen atoms in total. The van der Waals surface area contributed by atoms with Gasteiger partial charge < -0.3 is 14.2 Å². The second-order valence-corrected chi connectivity index (χ2v) is 13.4. The second kappa shape index (κ2) is 14.9. The molecule has 7 rings (SSSR count). The molecular formula is C42H27Cl4O6+. The smallest absolute Gasteiger partial charge is 0.365 e. The van der Waals surface area contributed by atoms with Crippen molar-refractivity contribution < 1.29 is 18.6 Å². The number of methoxy groups -OCH3 is 2. The number of rotatable bonds is 8. The topological polar surface area (TPSA) is 73.1 Å². The van der Waals surface area contributed by atoms with Gasteiger partial charge in [0.05, 0.1) is 68.0 Å². The van der Waals surface area contributed by atoms with Crippen LogP contribution in [0.3, 0.4) is 0 Å². The fourth-order valence-electron chi connectivity index (χ4n) is 5.93. The van der Waals surface area contributed by atoms with Crippen molar-refractivity contribution in [2.45, 2.75) is 0 Å². The van der Waals surface area contributed by atoms with Crippen molar-refractivity contribution in [2.75, 3.05) is 14.2 Å². The Bertz CT molecular complexity index is 2600. The zero-order valence-corrected chi connectivity index (χ0v) is 30.6. The maximum absolute atomic E-state index is 13.7. The van der Waals surface area contributed by atoms with Crippen LogP contribution >= 0.6 is 46.4 Å². The molecule has 1 unspecified atom stereocenters. The maximum atomic E-state index is 13.7. The summed E-state index contributed by atoms with van der Waals surface area (Å²) in [5.74, 6) is 2.56. The van der Waals surface area contributed by atoms with Crippen LogP contribution in [0.1, 0.15) is 16.7 Å². The van der Waals surface area contributed by atoms with Crippen molar-refractivity contribution in [1.29, 1.82) is 0 Å². The van der Waals surface area contributed by atoms with Crippen LogP contribution < -0.4 is 30.8 Å². The Hall–Kier alpha value is -5.11.